The van der Waals surface area contributed by atoms with Crippen molar-refractivity contribution in [3.8, 4) is 23.2 Å². The molecule has 0 spiro atoms. The fourth-order valence-corrected chi connectivity index (χ4v) is 6.45. The van der Waals surface area contributed by atoms with Crippen LogP contribution in [-0.4, -0.2) is 87.8 Å². The second-order valence-corrected chi connectivity index (χ2v) is 12.8. The molecule has 10 rings (SSSR count). The maximum Gasteiger partial charge on any atom is 0.174 e. The highest BCUT2D eigenvalue weighted by molar-refractivity contribution is 6.03. The summed E-state index contributed by atoms with van der Waals surface area (Å²) < 4.78 is 21.5. The molecular weight excluding hydrogens is 747 g/mol. The number of aromatic nitrogens is 10. The first-order chi connectivity index (χ1) is 26.1. The standard InChI is InChI=1S/C36H32N14O3.2ClH/c1-5-27-29(13-21(1)33-37-9-10-38-33)43-35(41-27)31-7-3-25(52-31)17-49-15-23(45-47-49)19-51-20-24-16-50(48-46-24)18-26-4-8-32(53-26)36-42-28-6-2-22(14-30(28)44-36)34-39-11-12-40-34;;/h1-8,13-16H,9-12,17-20H2,(H,37,38)(H,39,40)(H,41,43)(H,42,44);2*1H. The van der Waals surface area contributed by atoms with Gasteiger partial charge >= 0.3 is 0 Å². The lowest BCUT2D eigenvalue weighted by Crippen LogP contribution is -2.19. The number of hydrogen-bond donors (Lipinski definition) is 4. The van der Waals surface area contributed by atoms with E-state index in [-0.39, 0.29) is 38.0 Å². The van der Waals surface area contributed by atoms with Crippen LogP contribution < -0.4 is 10.6 Å². The summed E-state index contributed by atoms with van der Waals surface area (Å²) in [6.45, 7) is 4.67. The number of hydrogen-bond acceptors (Lipinski definition) is 13. The fourth-order valence-electron chi connectivity index (χ4n) is 6.45. The van der Waals surface area contributed by atoms with Crippen LogP contribution >= 0.6 is 24.8 Å². The molecule has 17 nitrogen and oxygen atoms in total. The molecule has 6 aromatic heterocycles. The Hall–Kier alpha value is -6.30. The molecule has 0 atom stereocenters. The Kier molecular flexibility index (Phi) is 9.88. The van der Waals surface area contributed by atoms with Crippen LogP contribution in [-0.2, 0) is 31.0 Å². The number of benzene rings is 2. The van der Waals surface area contributed by atoms with Crippen LogP contribution in [0.5, 0.6) is 0 Å². The third-order valence-electron chi connectivity index (χ3n) is 8.96. The number of nitrogens with one attached hydrogen (secondary N) is 4. The summed E-state index contributed by atoms with van der Waals surface area (Å²) in [6.07, 6.45) is 3.66. The first kappa shape index (κ1) is 35.7. The Morgan fingerprint density at radius 2 is 1.11 bits per heavy atom. The molecule has 0 saturated heterocycles. The van der Waals surface area contributed by atoms with Crippen molar-refractivity contribution in [3.63, 3.8) is 0 Å². The van der Waals surface area contributed by atoms with Gasteiger partial charge in [0.05, 0.1) is 60.8 Å². The monoisotopic (exact) mass is 780 g/mol. The van der Waals surface area contributed by atoms with Crippen molar-refractivity contribution in [1.82, 2.24) is 60.6 Å². The van der Waals surface area contributed by atoms with Crippen LogP contribution in [0.2, 0.25) is 0 Å². The first-order valence-corrected chi connectivity index (χ1v) is 17.3. The number of nitrogens with zero attached hydrogens (tertiary/aromatic N) is 10. The van der Waals surface area contributed by atoms with Crippen molar-refractivity contribution < 1.29 is 13.6 Å². The zero-order valence-electron chi connectivity index (χ0n) is 29.1. The van der Waals surface area contributed by atoms with Gasteiger partial charge in [-0.25, -0.2) is 19.3 Å². The number of rotatable bonds is 12. The second-order valence-electron chi connectivity index (χ2n) is 12.8. The van der Waals surface area contributed by atoms with E-state index in [2.05, 4.69) is 63.3 Å². The smallest absolute Gasteiger partial charge is 0.174 e. The summed E-state index contributed by atoms with van der Waals surface area (Å²) in [5.74, 6) is 5.88. The van der Waals surface area contributed by atoms with E-state index in [0.29, 0.717) is 47.6 Å². The molecule has 0 saturated carbocycles. The number of H-pyrrole nitrogens is 2. The van der Waals surface area contributed by atoms with Gasteiger partial charge in [-0.3, -0.25) is 9.98 Å². The molecule has 280 valence electrons. The highest BCUT2D eigenvalue weighted by atomic mass is 35.5. The van der Waals surface area contributed by atoms with Crippen molar-refractivity contribution >= 4 is 58.6 Å². The molecule has 2 aliphatic rings. The van der Waals surface area contributed by atoms with Crippen LogP contribution in [0.25, 0.3) is 45.2 Å². The Balaban J connectivity index is 0.00000214. The molecule has 0 aliphatic carbocycles. The predicted octanol–water partition coefficient (Wildman–Crippen LogP) is 4.50. The Morgan fingerprint density at radius 3 is 1.56 bits per heavy atom. The number of imidazole rings is 2. The molecule has 0 unspecified atom stereocenters. The van der Waals surface area contributed by atoms with E-state index in [1.54, 1.807) is 9.36 Å². The minimum absolute atomic E-state index is 0. The summed E-state index contributed by atoms with van der Waals surface area (Å²) >= 11 is 0. The third-order valence-corrected chi connectivity index (χ3v) is 8.96. The highest BCUT2D eigenvalue weighted by Crippen LogP contribution is 2.26. The lowest BCUT2D eigenvalue weighted by atomic mass is 10.2. The van der Waals surface area contributed by atoms with E-state index in [1.807, 2.05) is 60.9 Å². The van der Waals surface area contributed by atoms with Crippen molar-refractivity contribution in [2.24, 2.45) is 9.98 Å². The fraction of sp³-hybridized carbons (Fsp3) is 0.222. The summed E-state index contributed by atoms with van der Waals surface area (Å²) in [4.78, 5) is 25.1. The van der Waals surface area contributed by atoms with Crippen molar-refractivity contribution in [3.05, 3.63) is 107 Å². The molecule has 0 bridgehead atoms. The van der Waals surface area contributed by atoms with Gasteiger partial charge in [-0.15, -0.1) is 35.0 Å². The molecule has 8 heterocycles. The average Bonchev–Trinajstić information content (AvgIpc) is 4.02. The zero-order valence-corrected chi connectivity index (χ0v) is 30.7. The molecule has 55 heavy (non-hydrogen) atoms. The minimum atomic E-state index is 0. The summed E-state index contributed by atoms with van der Waals surface area (Å²) in [5, 5.41) is 23.6. The minimum Gasteiger partial charge on any atom is -0.456 e. The molecular formula is C36H34Cl2N14O3. The largest absolute Gasteiger partial charge is 0.456 e. The molecule has 4 N–H and O–H groups in total. The van der Waals surface area contributed by atoms with Gasteiger partial charge in [0.15, 0.2) is 23.2 Å². The van der Waals surface area contributed by atoms with Gasteiger partial charge in [-0.05, 0) is 60.7 Å². The normalized spacial score (nSPS) is 13.7. The Bertz CT molecular complexity index is 2480. The number of amidine groups is 2. The van der Waals surface area contributed by atoms with E-state index in [4.69, 9.17) is 23.5 Å². The molecule has 2 aliphatic heterocycles. The number of aromatic amines is 2. The van der Waals surface area contributed by atoms with Crippen LogP contribution in [0.4, 0.5) is 0 Å². The maximum atomic E-state index is 6.10. The van der Waals surface area contributed by atoms with Gasteiger partial charge in [0.1, 0.15) is 47.7 Å². The number of aliphatic imine (C=N–C) groups is 2. The lowest BCUT2D eigenvalue weighted by molar-refractivity contribution is 0.102. The molecule has 19 heteroatoms. The van der Waals surface area contributed by atoms with E-state index >= 15 is 0 Å². The van der Waals surface area contributed by atoms with Gasteiger partial charge in [-0.2, -0.15) is 0 Å². The molecule has 0 amide bonds. The second kappa shape index (κ2) is 15.2. The number of fused-ring (bicyclic) bond motifs is 2. The van der Waals surface area contributed by atoms with Gasteiger partial charge in [0, 0.05) is 24.2 Å². The molecule has 0 radical (unpaired) electrons. The van der Waals surface area contributed by atoms with Crippen LogP contribution in [0, 0.1) is 0 Å². The van der Waals surface area contributed by atoms with Crippen molar-refractivity contribution in [2.75, 3.05) is 26.2 Å². The number of furan rings is 2. The molecule has 8 aromatic rings. The van der Waals surface area contributed by atoms with Crippen LogP contribution in [0.1, 0.15) is 34.0 Å². The number of ether oxygens (including phenoxy) is 1. The quantitative estimate of drug-likeness (QED) is 0.136. The third kappa shape index (κ3) is 7.44. The van der Waals surface area contributed by atoms with Gasteiger partial charge < -0.3 is 34.2 Å². The van der Waals surface area contributed by atoms with Crippen LogP contribution in [0.3, 0.4) is 0 Å². The van der Waals surface area contributed by atoms with E-state index in [0.717, 1.165) is 82.6 Å². The topological polar surface area (TPSA) is 203 Å². The maximum absolute atomic E-state index is 6.10. The van der Waals surface area contributed by atoms with E-state index in [9.17, 15) is 0 Å². The highest BCUT2D eigenvalue weighted by Gasteiger charge is 2.16. The Labute approximate surface area is 324 Å². The van der Waals surface area contributed by atoms with E-state index in [1.165, 1.54) is 0 Å². The summed E-state index contributed by atoms with van der Waals surface area (Å²) in [7, 11) is 0. The SMILES string of the molecule is Cl.Cl.c1cc2nc(-c3ccc(Cn4cc(COCc5cn(Cc6ccc(-c7nc8ccc(C9=NCCN9)cc8[nH]7)o6)nn5)nn4)o3)[nH]c2cc1C1=NCCN1. The number of halogens is 2. The van der Waals surface area contributed by atoms with Crippen LogP contribution in [0.15, 0.2) is 91.9 Å². The van der Waals surface area contributed by atoms with Gasteiger partial charge in [-0.1, -0.05) is 10.4 Å². The average molecular weight is 782 g/mol. The zero-order chi connectivity index (χ0) is 35.1. The molecule has 2 aromatic carbocycles. The van der Waals surface area contributed by atoms with Gasteiger partial charge in [0.2, 0.25) is 0 Å². The predicted molar refractivity (Wildman–Crippen MR) is 208 cm³/mol. The van der Waals surface area contributed by atoms with Gasteiger partial charge in [0.25, 0.3) is 0 Å². The van der Waals surface area contributed by atoms with Crippen molar-refractivity contribution in [1.29, 1.82) is 0 Å². The van der Waals surface area contributed by atoms with Crippen molar-refractivity contribution in [2.45, 2.75) is 26.3 Å². The van der Waals surface area contributed by atoms with E-state index < -0.39 is 0 Å². The molecule has 0 fully saturated rings. The summed E-state index contributed by atoms with van der Waals surface area (Å²) in [6, 6.07) is 19.7. The lowest BCUT2D eigenvalue weighted by Gasteiger charge is -2.01. The first-order valence-electron chi connectivity index (χ1n) is 17.3. The summed E-state index contributed by atoms with van der Waals surface area (Å²) in [5.41, 5.74) is 7.00. The Morgan fingerprint density at radius 1 is 0.618 bits per heavy atom.